The third-order valence-corrected chi connectivity index (χ3v) is 7.56. The highest BCUT2D eigenvalue weighted by Gasteiger charge is 2.28. The standard InChI is InChI=1S/C27H31ClOS/c1-16-10-25-18(11-19-12-20(28)13-26-23(19)8-9-30-26)6-7-22(25)17(2)24(16)14-21(29)15-27(3,4)5/h8-10,12-13,18H,6-7,11,14-15H2,1-5H3. The van der Waals surface area contributed by atoms with E-state index in [1.165, 1.54) is 49.9 Å². The number of fused-ring (bicyclic) bond motifs is 2. The van der Waals surface area contributed by atoms with Crippen molar-refractivity contribution in [3.63, 3.8) is 0 Å². The second-order valence-corrected chi connectivity index (χ2v) is 11.5. The normalized spacial score (nSPS) is 16.3. The van der Waals surface area contributed by atoms with Gasteiger partial charge in [-0.05, 0) is 107 Å². The molecular formula is C27H31ClOS. The maximum absolute atomic E-state index is 12.7. The third kappa shape index (κ3) is 4.36. The first-order chi connectivity index (χ1) is 14.1. The predicted octanol–water partition coefficient (Wildman–Crippen LogP) is 7.99. The van der Waals surface area contributed by atoms with Crippen LogP contribution in [0.1, 0.15) is 72.9 Å². The maximum Gasteiger partial charge on any atom is 0.137 e. The van der Waals surface area contributed by atoms with Gasteiger partial charge in [-0.15, -0.1) is 11.3 Å². The Morgan fingerprint density at radius 1 is 1.20 bits per heavy atom. The summed E-state index contributed by atoms with van der Waals surface area (Å²) >= 11 is 8.17. The van der Waals surface area contributed by atoms with Crippen LogP contribution in [0.2, 0.25) is 5.02 Å². The van der Waals surface area contributed by atoms with E-state index < -0.39 is 0 Å². The smallest absolute Gasteiger partial charge is 0.137 e. The average Bonchev–Trinajstić information content (AvgIpc) is 3.24. The van der Waals surface area contributed by atoms with Gasteiger partial charge in [-0.1, -0.05) is 38.4 Å². The van der Waals surface area contributed by atoms with Gasteiger partial charge in [0.1, 0.15) is 5.78 Å². The Bertz CT molecular complexity index is 1120. The number of halogens is 1. The van der Waals surface area contributed by atoms with Gasteiger partial charge >= 0.3 is 0 Å². The molecule has 0 aliphatic heterocycles. The van der Waals surface area contributed by atoms with Crippen LogP contribution in [0.5, 0.6) is 0 Å². The Balaban J connectivity index is 1.62. The number of hydrogen-bond donors (Lipinski definition) is 0. The van der Waals surface area contributed by atoms with Crippen molar-refractivity contribution in [2.75, 3.05) is 0 Å². The van der Waals surface area contributed by atoms with Crippen LogP contribution in [0.3, 0.4) is 0 Å². The molecule has 1 unspecified atom stereocenters. The van der Waals surface area contributed by atoms with Crippen LogP contribution in [0.25, 0.3) is 10.1 Å². The van der Waals surface area contributed by atoms with E-state index in [1.54, 1.807) is 11.3 Å². The number of rotatable bonds is 5. The van der Waals surface area contributed by atoms with E-state index in [0.29, 0.717) is 24.5 Å². The van der Waals surface area contributed by atoms with Crippen LogP contribution >= 0.6 is 22.9 Å². The van der Waals surface area contributed by atoms with Crippen LogP contribution in [0.15, 0.2) is 29.6 Å². The molecule has 1 atom stereocenters. The third-order valence-electron chi connectivity index (χ3n) is 6.47. The molecule has 3 aromatic rings. The summed E-state index contributed by atoms with van der Waals surface area (Å²) in [5, 5.41) is 4.33. The molecule has 1 aromatic heterocycles. The molecule has 0 N–H and O–H groups in total. The van der Waals surface area contributed by atoms with Crippen molar-refractivity contribution in [3.05, 3.63) is 68.0 Å². The number of benzene rings is 2. The van der Waals surface area contributed by atoms with E-state index in [1.807, 2.05) is 0 Å². The number of carbonyl (C=O) groups is 1. The number of hydrogen-bond acceptors (Lipinski definition) is 2. The summed E-state index contributed by atoms with van der Waals surface area (Å²) < 4.78 is 1.27. The van der Waals surface area contributed by atoms with Gasteiger partial charge in [0, 0.05) is 22.6 Å². The zero-order valence-electron chi connectivity index (χ0n) is 18.7. The average molecular weight is 439 g/mol. The van der Waals surface area contributed by atoms with Crippen molar-refractivity contribution in [2.45, 2.75) is 72.6 Å². The lowest BCUT2D eigenvalue weighted by atomic mass is 9.84. The monoisotopic (exact) mass is 438 g/mol. The van der Waals surface area contributed by atoms with E-state index in [4.69, 9.17) is 11.6 Å². The van der Waals surface area contributed by atoms with Gasteiger partial charge in [-0.25, -0.2) is 0 Å². The van der Waals surface area contributed by atoms with Crippen molar-refractivity contribution in [1.82, 2.24) is 0 Å². The molecule has 3 heteroatoms. The van der Waals surface area contributed by atoms with Crippen molar-refractivity contribution in [1.29, 1.82) is 0 Å². The largest absolute Gasteiger partial charge is 0.299 e. The molecule has 1 aliphatic rings. The SMILES string of the molecule is Cc1cc2c(c(C)c1CC(=O)CC(C)(C)C)CCC2Cc1cc(Cl)cc2sccc12. The molecule has 158 valence electrons. The van der Waals surface area contributed by atoms with Crippen molar-refractivity contribution >= 4 is 38.8 Å². The van der Waals surface area contributed by atoms with Gasteiger partial charge in [0.2, 0.25) is 0 Å². The molecule has 0 fully saturated rings. The second kappa shape index (κ2) is 8.13. The Kier molecular flexibility index (Phi) is 5.85. The van der Waals surface area contributed by atoms with E-state index in [0.717, 1.165) is 17.9 Å². The van der Waals surface area contributed by atoms with Gasteiger partial charge < -0.3 is 0 Å². The molecular weight excluding hydrogens is 408 g/mol. The molecule has 1 aliphatic carbocycles. The van der Waals surface area contributed by atoms with Crippen LogP contribution in [-0.4, -0.2) is 5.78 Å². The minimum Gasteiger partial charge on any atom is -0.299 e. The predicted molar refractivity (Wildman–Crippen MR) is 130 cm³/mol. The quantitative estimate of drug-likeness (QED) is 0.394. The van der Waals surface area contributed by atoms with Crippen molar-refractivity contribution in [3.8, 4) is 0 Å². The molecule has 30 heavy (non-hydrogen) atoms. The fraction of sp³-hybridized carbons (Fsp3) is 0.444. The molecule has 1 heterocycles. The summed E-state index contributed by atoms with van der Waals surface area (Å²) in [6, 6.07) is 8.81. The summed E-state index contributed by atoms with van der Waals surface area (Å²) in [5.74, 6) is 0.875. The van der Waals surface area contributed by atoms with Crippen molar-refractivity contribution < 1.29 is 4.79 Å². The fourth-order valence-corrected chi connectivity index (χ4v) is 6.33. The molecule has 0 amide bonds. The van der Waals surface area contributed by atoms with Gasteiger partial charge in [0.25, 0.3) is 0 Å². The number of ketones is 1. The lowest BCUT2D eigenvalue weighted by Crippen LogP contribution is -2.16. The summed E-state index contributed by atoms with van der Waals surface area (Å²) in [4.78, 5) is 12.7. The van der Waals surface area contributed by atoms with E-state index in [-0.39, 0.29) is 5.41 Å². The van der Waals surface area contributed by atoms with Crippen LogP contribution in [-0.2, 0) is 24.1 Å². The fourth-order valence-electron chi connectivity index (χ4n) is 5.15. The highest BCUT2D eigenvalue weighted by Crippen LogP contribution is 2.41. The second-order valence-electron chi connectivity index (χ2n) is 10.2. The Morgan fingerprint density at radius 2 is 1.97 bits per heavy atom. The molecule has 0 radical (unpaired) electrons. The molecule has 2 aromatic carbocycles. The van der Waals surface area contributed by atoms with E-state index in [9.17, 15) is 4.79 Å². The van der Waals surface area contributed by atoms with E-state index >= 15 is 0 Å². The summed E-state index contributed by atoms with van der Waals surface area (Å²) in [6.45, 7) is 10.8. The highest BCUT2D eigenvalue weighted by molar-refractivity contribution is 7.17. The number of Topliss-reactive ketones (excluding diaryl/α,β-unsaturated/α-hetero) is 1. The summed E-state index contributed by atoms with van der Waals surface area (Å²) in [7, 11) is 0. The number of thiophene rings is 1. The topological polar surface area (TPSA) is 17.1 Å². The minimum absolute atomic E-state index is 0.0463. The van der Waals surface area contributed by atoms with Gasteiger partial charge in [0.15, 0.2) is 0 Å². The molecule has 4 rings (SSSR count). The van der Waals surface area contributed by atoms with Gasteiger partial charge in [0.05, 0.1) is 0 Å². The molecule has 0 spiro atoms. The Hall–Kier alpha value is -1.64. The number of carbonyl (C=O) groups excluding carboxylic acids is 1. The molecule has 0 bridgehead atoms. The van der Waals surface area contributed by atoms with Crippen LogP contribution < -0.4 is 0 Å². The van der Waals surface area contributed by atoms with Crippen LogP contribution in [0.4, 0.5) is 0 Å². The molecule has 1 nitrogen and oxygen atoms in total. The molecule has 0 saturated carbocycles. The first-order valence-electron chi connectivity index (χ1n) is 10.9. The Morgan fingerprint density at radius 3 is 2.70 bits per heavy atom. The lowest BCUT2D eigenvalue weighted by molar-refractivity contribution is -0.120. The maximum atomic E-state index is 12.7. The zero-order valence-corrected chi connectivity index (χ0v) is 20.3. The first kappa shape index (κ1) is 21.6. The lowest BCUT2D eigenvalue weighted by Gasteiger charge is -2.20. The summed E-state index contributed by atoms with van der Waals surface area (Å²) in [5.41, 5.74) is 8.25. The number of aryl methyl sites for hydroxylation is 1. The minimum atomic E-state index is 0.0463. The van der Waals surface area contributed by atoms with Gasteiger partial charge in [-0.2, -0.15) is 0 Å². The zero-order chi connectivity index (χ0) is 21.6. The summed E-state index contributed by atoms with van der Waals surface area (Å²) in [6.07, 6.45) is 4.52. The van der Waals surface area contributed by atoms with E-state index in [2.05, 4.69) is 64.3 Å². The van der Waals surface area contributed by atoms with Gasteiger partial charge in [-0.3, -0.25) is 4.79 Å². The first-order valence-corrected chi connectivity index (χ1v) is 12.2. The van der Waals surface area contributed by atoms with Crippen LogP contribution in [0, 0.1) is 19.3 Å². The molecule has 0 saturated heterocycles. The van der Waals surface area contributed by atoms with Crippen molar-refractivity contribution in [2.24, 2.45) is 5.41 Å². The Labute approximate surface area is 189 Å². The highest BCUT2D eigenvalue weighted by atomic mass is 35.5.